The summed E-state index contributed by atoms with van der Waals surface area (Å²) in [5.41, 5.74) is -1.16. The van der Waals surface area contributed by atoms with Gasteiger partial charge in [-0.2, -0.15) is 13.2 Å². The van der Waals surface area contributed by atoms with Crippen molar-refractivity contribution in [3.8, 4) is 0 Å². The van der Waals surface area contributed by atoms with E-state index in [2.05, 4.69) is 4.98 Å². The number of halogens is 3. The highest BCUT2D eigenvalue weighted by atomic mass is 32.1. The van der Waals surface area contributed by atoms with Crippen LogP contribution in [0.3, 0.4) is 0 Å². The molecular formula is C10H13BF3NO2S. The third kappa shape index (κ3) is 2.28. The Morgan fingerprint density at radius 2 is 1.67 bits per heavy atom. The topological polar surface area (TPSA) is 31.4 Å². The molecule has 3 nitrogen and oxygen atoms in total. The van der Waals surface area contributed by atoms with Crippen LogP contribution in [0.4, 0.5) is 13.2 Å². The number of aromatic nitrogens is 1. The Morgan fingerprint density at radius 3 is 2.06 bits per heavy atom. The van der Waals surface area contributed by atoms with Crippen LogP contribution in [0.2, 0.25) is 0 Å². The Kier molecular flexibility index (Phi) is 3.03. The Morgan fingerprint density at radius 1 is 1.17 bits per heavy atom. The Bertz CT molecular complexity index is 442. The molecule has 100 valence electrons. The molecule has 0 N–H and O–H groups in total. The lowest BCUT2D eigenvalue weighted by Crippen LogP contribution is -2.41. The first-order valence-electron chi connectivity index (χ1n) is 5.41. The molecule has 0 saturated carbocycles. The van der Waals surface area contributed by atoms with Crippen molar-refractivity contribution in [2.45, 2.75) is 45.1 Å². The minimum absolute atomic E-state index is 0.195. The van der Waals surface area contributed by atoms with E-state index < -0.39 is 29.4 Å². The average molecular weight is 279 g/mol. The Hall–Kier alpha value is -0.595. The molecular weight excluding hydrogens is 266 g/mol. The molecule has 0 spiro atoms. The summed E-state index contributed by atoms with van der Waals surface area (Å²) in [4.78, 5) is 3.20. The van der Waals surface area contributed by atoms with Crippen LogP contribution in [0.5, 0.6) is 0 Å². The van der Waals surface area contributed by atoms with Crippen molar-refractivity contribution in [3.63, 3.8) is 0 Å². The van der Waals surface area contributed by atoms with Crippen molar-refractivity contribution in [1.29, 1.82) is 0 Å². The lowest BCUT2D eigenvalue weighted by molar-refractivity contribution is -0.134. The van der Waals surface area contributed by atoms with Gasteiger partial charge in [-0.25, -0.2) is 0 Å². The van der Waals surface area contributed by atoms with Crippen molar-refractivity contribution in [2.24, 2.45) is 0 Å². The molecule has 1 aromatic heterocycles. The summed E-state index contributed by atoms with van der Waals surface area (Å²) in [6.45, 7) is 7.35. The second kappa shape index (κ2) is 3.95. The fraction of sp³-hybridized carbons (Fsp3) is 0.700. The van der Waals surface area contributed by atoms with Gasteiger partial charge in [0, 0.05) is 6.20 Å². The summed E-state index contributed by atoms with van der Waals surface area (Å²) in [6, 6.07) is 0. The lowest BCUT2D eigenvalue weighted by Gasteiger charge is -2.32. The number of hydrogen-bond donors (Lipinski definition) is 0. The maximum absolute atomic E-state index is 12.5. The van der Waals surface area contributed by atoms with E-state index in [-0.39, 0.29) is 4.91 Å². The first-order chi connectivity index (χ1) is 8.03. The molecule has 8 heteroatoms. The maximum atomic E-state index is 12.5. The zero-order valence-electron chi connectivity index (χ0n) is 10.5. The first kappa shape index (κ1) is 13.8. The zero-order chi connectivity index (χ0) is 13.8. The summed E-state index contributed by atoms with van der Waals surface area (Å²) in [5.74, 6) is 0. The molecule has 0 unspecified atom stereocenters. The van der Waals surface area contributed by atoms with Crippen LogP contribution in [0.15, 0.2) is 6.20 Å². The van der Waals surface area contributed by atoms with E-state index in [9.17, 15) is 13.2 Å². The Labute approximate surface area is 107 Å². The van der Waals surface area contributed by atoms with E-state index in [1.807, 2.05) is 27.7 Å². The summed E-state index contributed by atoms with van der Waals surface area (Å²) >= 11 is 0.552. The van der Waals surface area contributed by atoms with E-state index in [0.29, 0.717) is 11.3 Å². The smallest absolute Gasteiger partial charge is 0.398 e. The average Bonchev–Trinajstić information content (AvgIpc) is 2.69. The van der Waals surface area contributed by atoms with E-state index in [0.717, 1.165) is 6.20 Å². The highest BCUT2D eigenvalue weighted by molar-refractivity contribution is 7.21. The van der Waals surface area contributed by atoms with Gasteiger partial charge in [-0.1, -0.05) is 0 Å². The largest absolute Gasteiger partial charge is 0.525 e. The maximum Gasteiger partial charge on any atom is 0.525 e. The SMILES string of the molecule is CC1(C)OB(c2ncc(C(F)(F)F)s2)OC1(C)C. The van der Waals surface area contributed by atoms with Crippen LogP contribution in [-0.2, 0) is 15.5 Å². The predicted molar refractivity (Wildman–Crippen MR) is 62.8 cm³/mol. The number of alkyl halides is 3. The third-order valence-electron chi connectivity index (χ3n) is 3.26. The first-order valence-corrected chi connectivity index (χ1v) is 6.23. The molecule has 1 fully saturated rings. The van der Waals surface area contributed by atoms with Crippen LogP contribution in [-0.4, -0.2) is 23.3 Å². The Balaban J connectivity index is 2.23. The van der Waals surface area contributed by atoms with Gasteiger partial charge < -0.3 is 9.31 Å². The van der Waals surface area contributed by atoms with Crippen LogP contribution < -0.4 is 4.91 Å². The van der Waals surface area contributed by atoms with Crippen LogP contribution in [0, 0.1) is 0 Å². The second-order valence-electron chi connectivity index (χ2n) is 5.15. The molecule has 2 heterocycles. The van der Waals surface area contributed by atoms with Gasteiger partial charge in [0.15, 0.2) is 0 Å². The molecule has 0 aliphatic carbocycles. The molecule has 0 atom stereocenters. The van der Waals surface area contributed by atoms with E-state index >= 15 is 0 Å². The third-order valence-corrected chi connectivity index (χ3v) is 4.32. The summed E-state index contributed by atoms with van der Waals surface area (Å²) in [5, 5.41) is 0. The van der Waals surface area contributed by atoms with Gasteiger partial charge >= 0.3 is 13.3 Å². The predicted octanol–water partition coefficient (Wildman–Crippen LogP) is 2.46. The monoisotopic (exact) mass is 279 g/mol. The zero-order valence-corrected chi connectivity index (χ0v) is 11.3. The van der Waals surface area contributed by atoms with Gasteiger partial charge in [0.2, 0.25) is 0 Å². The van der Waals surface area contributed by atoms with E-state index in [4.69, 9.17) is 9.31 Å². The fourth-order valence-electron chi connectivity index (χ4n) is 1.47. The van der Waals surface area contributed by atoms with Gasteiger partial charge in [-0.05, 0) is 27.7 Å². The molecule has 0 aromatic carbocycles. The van der Waals surface area contributed by atoms with Gasteiger partial charge in [0.25, 0.3) is 0 Å². The van der Waals surface area contributed by atoms with Crippen molar-refractivity contribution < 1.29 is 22.5 Å². The molecule has 1 saturated heterocycles. The quantitative estimate of drug-likeness (QED) is 0.740. The van der Waals surface area contributed by atoms with Crippen molar-refractivity contribution in [2.75, 3.05) is 0 Å². The number of nitrogens with zero attached hydrogens (tertiary/aromatic N) is 1. The molecule has 18 heavy (non-hydrogen) atoms. The second-order valence-corrected chi connectivity index (χ2v) is 6.21. The van der Waals surface area contributed by atoms with Gasteiger partial charge in [-0.3, -0.25) is 4.98 Å². The lowest BCUT2D eigenvalue weighted by atomic mass is 9.90. The van der Waals surface area contributed by atoms with E-state index in [1.54, 1.807) is 0 Å². The van der Waals surface area contributed by atoms with E-state index in [1.165, 1.54) is 0 Å². The van der Waals surface area contributed by atoms with Gasteiger partial charge in [0.05, 0.1) is 11.2 Å². The molecule has 0 radical (unpaired) electrons. The molecule has 1 aromatic rings. The molecule has 1 aliphatic rings. The molecule has 0 amide bonds. The normalized spacial score (nSPS) is 22.5. The van der Waals surface area contributed by atoms with Crippen LogP contribution >= 0.6 is 11.3 Å². The number of hydrogen-bond acceptors (Lipinski definition) is 4. The standard InChI is InChI=1S/C10H13BF3NO2S/c1-8(2)9(3,4)17-11(16-8)7-15-5-6(18-7)10(12,13)14/h5H,1-4H3. The minimum Gasteiger partial charge on any atom is -0.398 e. The fourth-order valence-corrected chi connectivity index (χ4v) is 2.22. The van der Waals surface area contributed by atoms with Crippen molar-refractivity contribution >= 4 is 23.4 Å². The van der Waals surface area contributed by atoms with Crippen LogP contribution in [0.1, 0.15) is 32.6 Å². The summed E-state index contributed by atoms with van der Waals surface area (Å²) in [7, 11) is -0.837. The molecule has 2 rings (SSSR count). The highest BCUT2D eigenvalue weighted by Crippen LogP contribution is 2.37. The van der Waals surface area contributed by atoms with Crippen molar-refractivity contribution in [3.05, 3.63) is 11.1 Å². The summed E-state index contributed by atoms with van der Waals surface area (Å²) < 4.78 is 48.7. The van der Waals surface area contributed by atoms with Gasteiger partial charge in [-0.15, -0.1) is 11.3 Å². The molecule has 0 bridgehead atoms. The van der Waals surface area contributed by atoms with Crippen molar-refractivity contribution in [1.82, 2.24) is 4.98 Å². The van der Waals surface area contributed by atoms with Crippen LogP contribution in [0.25, 0.3) is 0 Å². The highest BCUT2D eigenvalue weighted by Gasteiger charge is 2.53. The number of rotatable bonds is 1. The molecule has 1 aliphatic heterocycles. The number of thiazole rings is 1. The van der Waals surface area contributed by atoms with Gasteiger partial charge in [0.1, 0.15) is 9.78 Å². The summed E-state index contributed by atoms with van der Waals surface area (Å²) in [6.07, 6.45) is -3.56. The minimum atomic E-state index is -4.38.